The highest BCUT2D eigenvalue weighted by atomic mass is 15.0. The summed E-state index contributed by atoms with van der Waals surface area (Å²) < 4.78 is 4.96. The highest BCUT2D eigenvalue weighted by molar-refractivity contribution is 6.11. The van der Waals surface area contributed by atoms with Crippen LogP contribution in [0.2, 0.25) is 0 Å². The summed E-state index contributed by atoms with van der Waals surface area (Å²) in [4.78, 5) is 0. The van der Waals surface area contributed by atoms with E-state index >= 15 is 0 Å². The van der Waals surface area contributed by atoms with Gasteiger partial charge in [-0.3, -0.25) is 0 Å². The van der Waals surface area contributed by atoms with E-state index < -0.39 is 0 Å². The maximum atomic E-state index is 2.56. The summed E-state index contributed by atoms with van der Waals surface area (Å²) >= 11 is 0. The van der Waals surface area contributed by atoms with Gasteiger partial charge in [0, 0.05) is 38.3 Å². The van der Waals surface area contributed by atoms with Crippen molar-refractivity contribution in [3.05, 3.63) is 355 Å². The monoisotopic (exact) mass is 1610 g/mol. The second-order valence-electron chi connectivity index (χ2n) is 35.5. The van der Waals surface area contributed by atoms with Crippen molar-refractivity contribution in [1.29, 1.82) is 0 Å². The Morgan fingerprint density at radius 1 is 0.195 bits per heavy atom. The predicted molar refractivity (Wildman–Crippen MR) is 542 cm³/mol. The third-order valence-corrected chi connectivity index (χ3v) is 26.2. The molecule has 0 saturated carbocycles. The van der Waals surface area contributed by atoms with Gasteiger partial charge in [0.05, 0.1) is 22.1 Å². The molecule has 0 bridgehead atoms. The number of aromatic nitrogens is 2. The molecule has 0 unspecified atom stereocenters. The van der Waals surface area contributed by atoms with Crippen LogP contribution in [0.4, 0.5) is 0 Å². The molecule has 0 radical (unpaired) electrons. The van der Waals surface area contributed by atoms with Gasteiger partial charge in [0.25, 0.3) is 0 Å². The molecule has 0 spiro atoms. The van der Waals surface area contributed by atoms with Crippen molar-refractivity contribution in [3.8, 4) is 22.5 Å². The van der Waals surface area contributed by atoms with Crippen molar-refractivity contribution in [1.82, 2.24) is 9.13 Å². The Labute approximate surface area is 737 Å². The minimum Gasteiger partial charge on any atom is -0.309 e. The lowest BCUT2D eigenvalue weighted by Crippen LogP contribution is -2.25. The highest BCUT2D eigenvalue weighted by Gasteiger charge is 2.42. The van der Waals surface area contributed by atoms with Crippen molar-refractivity contribution in [2.75, 3.05) is 0 Å². The lowest BCUT2D eigenvalue weighted by atomic mass is 9.70. The van der Waals surface area contributed by atoms with Crippen LogP contribution in [0.15, 0.2) is 255 Å². The number of hydrogen-bond acceptors (Lipinski definition) is 0. The Bertz CT molecular complexity index is 5450. The molecular weight excluding hydrogens is 1480 g/mol. The van der Waals surface area contributed by atoms with E-state index in [1.807, 2.05) is 0 Å². The standard InChI is InChI=1S/C121H132N2/c1-7-13-19-25-31-101-69-79-117-111(85-101)112-86-102(32-26-20-14-8-2)70-80-118(112)122(117)107-73-63-99(64-74-107)57-55-95-43-39-91(40-44-95)35-37-93-47-51-97(52-48-93)59-61-105-67-77-109-110-78-68-106(90-116(110)121(115(109)89-105,83-29-23-17-11-5)84-30-24-18-12-6)62-60-98-53-49-94(50-54-98)38-36-92-41-45-96(46-42-92)56-58-100-65-75-108(76-66-100)123-119-81-71-103(33-27-21-15-9-3)87-113(119)114-88-104(72-82-120(114)123)34-28-22-16-10-4/h35-82,85-90H,7-34,83-84H2,1-6H3/b37-35+,38-36+,57-55+,58-56+,61-59+,62-60+. The SMILES string of the molecule is CCCCCCc1ccc2c(c1)c1cc(CCCCCC)ccc1n2-c1ccc(/C=C/c2ccc(/C=C/c3ccc(/C=C/c4ccc5c(c4)C(CCCCCC)(CCCCCC)c4cc(/C=C/c6ccc(/C=C/c7ccc(/C=C/c8ccc(-n9c%10ccc(CCCCCC)cc%10c%10cc(CCCCCC)ccc%109)cc8)cc7)cc6)ccc4-5)cc3)cc2)cc1. The van der Waals surface area contributed by atoms with Crippen LogP contribution in [0, 0.1) is 0 Å². The van der Waals surface area contributed by atoms with Crippen LogP contribution in [-0.2, 0) is 31.1 Å². The topological polar surface area (TPSA) is 9.86 Å². The van der Waals surface area contributed by atoms with Crippen LogP contribution in [0.25, 0.3) is 139 Å². The van der Waals surface area contributed by atoms with Crippen LogP contribution < -0.4 is 0 Å². The number of rotatable bonds is 44. The molecule has 1 aliphatic carbocycles. The molecule has 12 aromatic carbocycles. The van der Waals surface area contributed by atoms with Gasteiger partial charge in [-0.1, -0.05) is 425 Å². The number of hydrogen-bond donors (Lipinski definition) is 0. The molecule has 0 N–H and O–H groups in total. The Hall–Kier alpha value is -11.3. The summed E-state index contributed by atoms with van der Waals surface area (Å²) in [5.41, 5.74) is 33.7. The molecule has 0 saturated heterocycles. The third-order valence-electron chi connectivity index (χ3n) is 26.2. The molecule has 1 aliphatic rings. The minimum atomic E-state index is -0.0311. The molecule has 0 atom stereocenters. The molecule has 2 heteroatoms. The van der Waals surface area contributed by atoms with Gasteiger partial charge in [-0.25, -0.2) is 0 Å². The summed E-state index contributed by atoms with van der Waals surface area (Å²) in [7, 11) is 0. The van der Waals surface area contributed by atoms with Crippen molar-refractivity contribution < 1.29 is 0 Å². The van der Waals surface area contributed by atoms with Crippen LogP contribution in [0.5, 0.6) is 0 Å². The maximum Gasteiger partial charge on any atom is 0.0541 e. The highest BCUT2D eigenvalue weighted by Crippen LogP contribution is 2.55. The summed E-state index contributed by atoms with van der Waals surface area (Å²) in [6.45, 7) is 13.9. The molecule has 626 valence electrons. The first-order valence-electron chi connectivity index (χ1n) is 47.8. The number of aryl methyl sites for hydroxylation is 4. The smallest absolute Gasteiger partial charge is 0.0541 e. The Kier molecular flexibility index (Phi) is 30.7. The largest absolute Gasteiger partial charge is 0.309 e. The number of fused-ring (bicyclic) bond motifs is 9. The average Bonchev–Trinajstić information content (AvgIpc) is 1.58. The average molecular weight is 1610 g/mol. The van der Waals surface area contributed by atoms with E-state index in [1.54, 1.807) is 0 Å². The van der Waals surface area contributed by atoms with Crippen LogP contribution >= 0.6 is 0 Å². The first-order valence-corrected chi connectivity index (χ1v) is 47.8. The minimum absolute atomic E-state index is 0.0311. The first-order chi connectivity index (χ1) is 60.7. The fourth-order valence-corrected chi connectivity index (χ4v) is 19.0. The second kappa shape index (κ2) is 43.6. The van der Waals surface area contributed by atoms with Gasteiger partial charge >= 0.3 is 0 Å². The van der Waals surface area contributed by atoms with Crippen LogP contribution in [0.1, 0.15) is 309 Å². The molecule has 0 fully saturated rings. The molecular formula is C121H132N2. The van der Waals surface area contributed by atoms with Gasteiger partial charge in [-0.05, 0) is 248 Å². The first kappa shape index (κ1) is 86.6. The third kappa shape index (κ3) is 22.2. The summed E-state index contributed by atoms with van der Waals surface area (Å²) in [6.07, 6.45) is 64.7. The van der Waals surface area contributed by atoms with Gasteiger partial charge in [-0.15, -0.1) is 0 Å². The number of nitrogens with zero attached hydrogens (tertiary/aromatic N) is 2. The van der Waals surface area contributed by atoms with Crippen LogP contribution in [0.3, 0.4) is 0 Å². The molecule has 14 aromatic rings. The zero-order valence-corrected chi connectivity index (χ0v) is 74.8. The summed E-state index contributed by atoms with van der Waals surface area (Å²) in [6, 6.07) is 97.6. The van der Waals surface area contributed by atoms with Crippen molar-refractivity contribution in [2.24, 2.45) is 0 Å². The molecule has 15 rings (SSSR count). The molecule has 0 aliphatic heterocycles. The molecule has 0 amide bonds. The Balaban J connectivity index is 0.567. The lowest BCUT2D eigenvalue weighted by molar-refractivity contribution is 0.401. The molecule has 2 aromatic heterocycles. The predicted octanol–water partition coefficient (Wildman–Crippen LogP) is 35.6. The van der Waals surface area contributed by atoms with E-state index in [2.05, 4.69) is 378 Å². The fraction of sp³-hybridized carbons (Fsp3) is 0.306. The number of unbranched alkanes of at least 4 members (excludes halogenated alkanes) is 18. The van der Waals surface area contributed by atoms with Gasteiger partial charge in [0.1, 0.15) is 0 Å². The van der Waals surface area contributed by atoms with Crippen molar-refractivity contribution in [3.63, 3.8) is 0 Å². The lowest BCUT2D eigenvalue weighted by Gasteiger charge is -2.33. The van der Waals surface area contributed by atoms with E-state index in [0.717, 1.165) is 25.7 Å². The van der Waals surface area contributed by atoms with E-state index in [4.69, 9.17) is 0 Å². The van der Waals surface area contributed by atoms with Gasteiger partial charge in [0.2, 0.25) is 0 Å². The van der Waals surface area contributed by atoms with Gasteiger partial charge in [-0.2, -0.15) is 0 Å². The van der Waals surface area contributed by atoms with E-state index in [9.17, 15) is 0 Å². The number of benzene rings is 12. The zero-order chi connectivity index (χ0) is 84.4. The summed E-state index contributed by atoms with van der Waals surface area (Å²) in [5.74, 6) is 0. The van der Waals surface area contributed by atoms with E-state index in [-0.39, 0.29) is 5.41 Å². The normalized spacial score (nSPS) is 12.8. The van der Waals surface area contributed by atoms with Gasteiger partial charge < -0.3 is 9.13 Å². The zero-order valence-electron chi connectivity index (χ0n) is 74.8. The van der Waals surface area contributed by atoms with Gasteiger partial charge in [0.15, 0.2) is 0 Å². The maximum absolute atomic E-state index is 2.56. The second-order valence-corrected chi connectivity index (χ2v) is 35.5. The fourth-order valence-electron chi connectivity index (χ4n) is 19.0. The Morgan fingerprint density at radius 3 is 0.626 bits per heavy atom. The van der Waals surface area contributed by atoms with Crippen molar-refractivity contribution >= 4 is 117 Å². The van der Waals surface area contributed by atoms with Crippen LogP contribution in [-0.4, -0.2) is 9.13 Å². The summed E-state index contributed by atoms with van der Waals surface area (Å²) in [5, 5.41) is 5.51. The molecule has 123 heavy (non-hydrogen) atoms. The Morgan fingerprint density at radius 2 is 0.398 bits per heavy atom. The quantitative estimate of drug-likeness (QED) is 0.0266. The van der Waals surface area contributed by atoms with Crippen molar-refractivity contribution in [2.45, 2.75) is 240 Å². The van der Waals surface area contributed by atoms with E-state index in [0.29, 0.717) is 0 Å². The molecule has 2 heterocycles. The molecule has 2 nitrogen and oxygen atoms in total. The van der Waals surface area contributed by atoms with E-state index in [1.165, 1.54) is 333 Å².